The quantitative estimate of drug-likeness (QED) is 0.324. The second kappa shape index (κ2) is 12.3. The highest BCUT2D eigenvalue weighted by Crippen LogP contribution is 2.43. The molecule has 0 saturated carbocycles. The zero-order valence-corrected chi connectivity index (χ0v) is 22.5. The number of hydrogen-bond acceptors (Lipinski definition) is 5. The second-order valence-corrected chi connectivity index (χ2v) is 10.5. The number of hydrogen-bond donors (Lipinski definition) is 2. The average Bonchev–Trinajstić information content (AvgIpc) is 2.90. The van der Waals surface area contributed by atoms with Crippen molar-refractivity contribution < 1.29 is 24.1 Å². The fourth-order valence-electron chi connectivity index (χ4n) is 5.07. The van der Waals surface area contributed by atoms with Gasteiger partial charge >= 0.3 is 5.97 Å². The van der Waals surface area contributed by atoms with Crippen LogP contribution in [0.2, 0.25) is 10.0 Å². The molecular formula is C29H29Cl2FN2O4. The first kappa shape index (κ1) is 28.1. The fourth-order valence-corrected chi connectivity index (χ4v) is 5.53. The minimum absolute atomic E-state index is 0.0337. The van der Waals surface area contributed by atoms with Crippen LogP contribution >= 0.6 is 23.2 Å². The van der Waals surface area contributed by atoms with Gasteiger partial charge in [-0.15, -0.1) is 0 Å². The molecule has 1 aliphatic rings. The standard InChI is InChI=1S/C29H29Cl2FN2O4/c1-38-20-5-7-25-21(16-20)28(23(31)18-33-25)26(35)8-9-29(17-27(36)37)10-13-34(14-11-29)12-2-3-19-4-6-24(32)22(30)15-19/h4-7,15-16,18,26,35H,8-14,17H2,1H3,(H,36,37). The third-order valence-corrected chi connectivity index (χ3v) is 7.84. The molecule has 2 N–H and O–H groups in total. The second-order valence-electron chi connectivity index (χ2n) is 9.73. The summed E-state index contributed by atoms with van der Waals surface area (Å²) in [6.45, 7) is 1.90. The van der Waals surface area contributed by atoms with Gasteiger partial charge in [0.05, 0.1) is 41.7 Å². The predicted molar refractivity (Wildman–Crippen MR) is 146 cm³/mol. The molecule has 1 aromatic heterocycles. The molecule has 2 heterocycles. The Morgan fingerprint density at radius 1 is 1.21 bits per heavy atom. The van der Waals surface area contributed by atoms with Gasteiger partial charge in [0.15, 0.2) is 0 Å². The number of pyridine rings is 1. The van der Waals surface area contributed by atoms with Crippen LogP contribution in [-0.4, -0.2) is 52.8 Å². The summed E-state index contributed by atoms with van der Waals surface area (Å²) in [6, 6.07) is 9.79. The van der Waals surface area contributed by atoms with Gasteiger partial charge < -0.3 is 14.9 Å². The molecule has 0 aliphatic carbocycles. The molecule has 4 rings (SSSR count). The number of aliphatic hydroxyl groups excluding tert-OH is 1. The Kier molecular flexibility index (Phi) is 9.11. The average molecular weight is 559 g/mol. The molecule has 0 spiro atoms. The van der Waals surface area contributed by atoms with E-state index in [1.54, 1.807) is 25.3 Å². The molecule has 1 unspecified atom stereocenters. The van der Waals surface area contributed by atoms with Gasteiger partial charge in [-0.3, -0.25) is 14.7 Å². The highest BCUT2D eigenvalue weighted by atomic mass is 35.5. The summed E-state index contributed by atoms with van der Waals surface area (Å²) in [7, 11) is 1.57. The van der Waals surface area contributed by atoms with Gasteiger partial charge in [0, 0.05) is 22.7 Å². The number of benzene rings is 2. The number of fused-ring (bicyclic) bond motifs is 1. The third-order valence-electron chi connectivity index (χ3n) is 7.25. The lowest BCUT2D eigenvalue weighted by Crippen LogP contribution is -2.41. The van der Waals surface area contributed by atoms with Gasteiger partial charge in [0.25, 0.3) is 0 Å². The maximum atomic E-state index is 13.3. The molecule has 38 heavy (non-hydrogen) atoms. The molecule has 1 atom stereocenters. The molecule has 2 aromatic carbocycles. The fraction of sp³-hybridized carbons (Fsp3) is 0.379. The van der Waals surface area contributed by atoms with Gasteiger partial charge in [0.2, 0.25) is 0 Å². The molecule has 1 saturated heterocycles. The molecule has 0 amide bonds. The summed E-state index contributed by atoms with van der Waals surface area (Å²) in [4.78, 5) is 18.3. The molecular weight excluding hydrogens is 530 g/mol. The Labute approximate surface area is 231 Å². The zero-order chi connectivity index (χ0) is 27.3. The Bertz CT molecular complexity index is 1380. The lowest BCUT2D eigenvalue weighted by molar-refractivity contribution is -0.141. The Balaban J connectivity index is 1.42. The molecule has 6 nitrogen and oxygen atoms in total. The smallest absolute Gasteiger partial charge is 0.303 e. The van der Waals surface area contributed by atoms with Crippen LogP contribution in [0.15, 0.2) is 42.6 Å². The van der Waals surface area contributed by atoms with Crippen LogP contribution in [0.5, 0.6) is 5.75 Å². The zero-order valence-electron chi connectivity index (χ0n) is 21.0. The van der Waals surface area contributed by atoms with Gasteiger partial charge in [0.1, 0.15) is 11.6 Å². The number of carbonyl (C=O) groups is 1. The highest BCUT2D eigenvalue weighted by Gasteiger charge is 2.37. The van der Waals surface area contributed by atoms with Crippen molar-refractivity contribution in [1.29, 1.82) is 0 Å². The topological polar surface area (TPSA) is 82.9 Å². The van der Waals surface area contributed by atoms with Crippen molar-refractivity contribution in [2.24, 2.45) is 5.41 Å². The van der Waals surface area contributed by atoms with Crippen molar-refractivity contribution in [3.8, 4) is 17.6 Å². The molecule has 9 heteroatoms. The lowest BCUT2D eigenvalue weighted by Gasteiger charge is -2.41. The summed E-state index contributed by atoms with van der Waals surface area (Å²) in [5.74, 6) is 5.41. The Morgan fingerprint density at radius 3 is 2.66 bits per heavy atom. The number of likely N-dealkylation sites (tertiary alicyclic amines) is 1. The summed E-state index contributed by atoms with van der Waals surface area (Å²) in [6.07, 6.45) is 2.95. The summed E-state index contributed by atoms with van der Waals surface area (Å²) in [5.41, 5.74) is 1.48. The van der Waals surface area contributed by atoms with Crippen LogP contribution < -0.4 is 4.74 Å². The van der Waals surface area contributed by atoms with E-state index in [9.17, 15) is 19.4 Å². The molecule has 0 radical (unpaired) electrons. The largest absolute Gasteiger partial charge is 0.497 e. The van der Waals surface area contributed by atoms with E-state index in [1.165, 1.54) is 18.3 Å². The molecule has 1 aliphatic heterocycles. The number of halogens is 3. The van der Waals surface area contributed by atoms with Crippen molar-refractivity contribution in [2.45, 2.75) is 38.2 Å². The van der Waals surface area contributed by atoms with Gasteiger partial charge in [-0.2, -0.15) is 0 Å². The Hall–Kier alpha value is -2.89. The summed E-state index contributed by atoms with van der Waals surface area (Å²) >= 11 is 12.3. The lowest BCUT2D eigenvalue weighted by atomic mass is 9.71. The van der Waals surface area contributed by atoms with E-state index >= 15 is 0 Å². The van der Waals surface area contributed by atoms with Crippen molar-refractivity contribution in [3.05, 3.63) is 69.6 Å². The van der Waals surface area contributed by atoms with Gasteiger partial charge in [-0.1, -0.05) is 35.0 Å². The SMILES string of the molecule is COc1ccc2ncc(Cl)c(C(O)CCC3(CC(=O)O)CCN(CC#Cc4ccc(F)c(Cl)c4)CC3)c2c1. The van der Waals surface area contributed by atoms with Crippen molar-refractivity contribution >= 4 is 40.1 Å². The number of piperidine rings is 1. The van der Waals surface area contributed by atoms with E-state index in [0.29, 0.717) is 78.1 Å². The van der Waals surface area contributed by atoms with Crippen molar-refractivity contribution in [3.63, 3.8) is 0 Å². The maximum Gasteiger partial charge on any atom is 0.303 e. The third kappa shape index (κ3) is 6.75. The van der Waals surface area contributed by atoms with Crippen LogP contribution in [0.25, 0.3) is 10.9 Å². The first-order valence-corrected chi connectivity index (χ1v) is 13.1. The molecule has 200 valence electrons. The number of aliphatic hydroxyl groups is 1. The van der Waals surface area contributed by atoms with Crippen LogP contribution in [0.1, 0.15) is 49.3 Å². The number of carboxylic acids is 1. The van der Waals surface area contributed by atoms with E-state index in [1.807, 2.05) is 6.07 Å². The first-order valence-electron chi connectivity index (χ1n) is 12.4. The Morgan fingerprint density at radius 2 is 1.97 bits per heavy atom. The van der Waals surface area contributed by atoms with E-state index in [0.717, 1.165) is 0 Å². The van der Waals surface area contributed by atoms with Crippen LogP contribution in [0.4, 0.5) is 4.39 Å². The van der Waals surface area contributed by atoms with Crippen molar-refractivity contribution in [1.82, 2.24) is 9.88 Å². The number of methoxy groups -OCH3 is 1. The molecule has 1 fully saturated rings. The number of aromatic nitrogens is 1. The van der Waals surface area contributed by atoms with E-state index in [-0.39, 0.29) is 11.4 Å². The number of aliphatic carboxylic acids is 1. The van der Waals surface area contributed by atoms with Crippen LogP contribution in [-0.2, 0) is 4.79 Å². The molecule has 0 bridgehead atoms. The normalized spacial score (nSPS) is 16.0. The maximum absolute atomic E-state index is 13.3. The van der Waals surface area contributed by atoms with Gasteiger partial charge in [-0.25, -0.2) is 4.39 Å². The number of rotatable bonds is 8. The van der Waals surface area contributed by atoms with E-state index in [2.05, 4.69) is 21.7 Å². The predicted octanol–water partition coefficient (Wildman–Crippen LogP) is 6.11. The van der Waals surface area contributed by atoms with Crippen LogP contribution in [0.3, 0.4) is 0 Å². The first-order chi connectivity index (χ1) is 18.2. The molecule has 3 aromatic rings. The van der Waals surface area contributed by atoms with E-state index in [4.69, 9.17) is 27.9 Å². The number of ether oxygens (including phenoxy) is 1. The van der Waals surface area contributed by atoms with Crippen LogP contribution in [0, 0.1) is 23.1 Å². The highest BCUT2D eigenvalue weighted by molar-refractivity contribution is 6.32. The number of nitrogens with zero attached hydrogens (tertiary/aromatic N) is 2. The summed E-state index contributed by atoms with van der Waals surface area (Å²) < 4.78 is 18.7. The van der Waals surface area contributed by atoms with Gasteiger partial charge in [-0.05, 0) is 80.6 Å². The van der Waals surface area contributed by atoms with E-state index < -0.39 is 23.3 Å². The van der Waals surface area contributed by atoms with Crippen molar-refractivity contribution in [2.75, 3.05) is 26.7 Å². The minimum Gasteiger partial charge on any atom is -0.497 e. The number of carboxylic acid groups (broad SMARTS) is 1. The monoisotopic (exact) mass is 558 g/mol. The summed E-state index contributed by atoms with van der Waals surface area (Å²) in [5, 5.41) is 22.0. The minimum atomic E-state index is -0.878.